The van der Waals surface area contributed by atoms with E-state index >= 15 is 0 Å². The quantitative estimate of drug-likeness (QED) is 0.892. The molecule has 0 amide bonds. The van der Waals surface area contributed by atoms with Crippen molar-refractivity contribution in [1.29, 1.82) is 0 Å². The second-order valence-corrected chi connectivity index (χ2v) is 6.03. The summed E-state index contributed by atoms with van der Waals surface area (Å²) in [5.74, 6) is 1.53. The van der Waals surface area contributed by atoms with Crippen LogP contribution in [0.5, 0.6) is 0 Å². The van der Waals surface area contributed by atoms with Crippen molar-refractivity contribution in [1.82, 2.24) is 9.97 Å². The molecule has 0 unspecified atom stereocenters. The lowest BCUT2D eigenvalue weighted by atomic mass is 9.68. The third-order valence-electron chi connectivity index (χ3n) is 4.74. The summed E-state index contributed by atoms with van der Waals surface area (Å²) in [4.78, 5) is 9.41. The Kier molecular flexibility index (Phi) is 3.10. The topological polar surface area (TPSA) is 46.0 Å². The zero-order valence-corrected chi connectivity index (χ0v) is 11.2. The minimum atomic E-state index is -0.126. The first kappa shape index (κ1) is 12.1. The molecular formula is C15H22N2O. The van der Waals surface area contributed by atoms with Crippen molar-refractivity contribution in [3.63, 3.8) is 0 Å². The van der Waals surface area contributed by atoms with Crippen molar-refractivity contribution in [3.8, 4) is 0 Å². The van der Waals surface area contributed by atoms with Crippen LogP contribution < -0.4 is 0 Å². The van der Waals surface area contributed by atoms with E-state index in [0.29, 0.717) is 5.92 Å². The number of rotatable bonds is 3. The largest absolute Gasteiger partial charge is 0.395 e. The van der Waals surface area contributed by atoms with E-state index in [4.69, 9.17) is 4.98 Å². The Labute approximate surface area is 109 Å². The van der Waals surface area contributed by atoms with Gasteiger partial charge < -0.3 is 5.11 Å². The molecule has 1 aromatic rings. The molecule has 2 fully saturated rings. The van der Waals surface area contributed by atoms with Gasteiger partial charge in [0, 0.05) is 17.3 Å². The monoisotopic (exact) mass is 246 g/mol. The van der Waals surface area contributed by atoms with Gasteiger partial charge in [0.25, 0.3) is 0 Å². The highest BCUT2D eigenvalue weighted by molar-refractivity contribution is 5.21. The molecule has 0 aromatic carbocycles. The Morgan fingerprint density at radius 2 is 1.94 bits per heavy atom. The van der Waals surface area contributed by atoms with Gasteiger partial charge in [-0.2, -0.15) is 0 Å². The molecule has 0 spiro atoms. The van der Waals surface area contributed by atoms with Crippen LogP contribution in [0.3, 0.4) is 0 Å². The minimum Gasteiger partial charge on any atom is -0.395 e. The second-order valence-electron chi connectivity index (χ2n) is 6.03. The van der Waals surface area contributed by atoms with Gasteiger partial charge in [-0.15, -0.1) is 0 Å². The van der Waals surface area contributed by atoms with Crippen molar-refractivity contribution < 1.29 is 5.11 Å². The van der Waals surface area contributed by atoms with Gasteiger partial charge in [-0.1, -0.05) is 19.3 Å². The zero-order valence-electron chi connectivity index (χ0n) is 11.2. The molecule has 1 N–H and O–H groups in total. The van der Waals surface area contributed by atoms with Crippen molar-refractivity contribution in [2.75, 3.05) is 6.61 Å². The molecule has 2 aliphatic rings. The maximum Gasteiger partial charge on any atom is 0.137 e. The van der Waals surface area contributed by atoms with E-state index in [-0.39, 0.29) is 12.0 Å². The van der Waals surface area contributed by atoms with Gasteiger partial charge in [0.15, 0.2) is 0 Å². The fourth-order valence-electron chi connectivity index (χ4n) is 3.32. The fraction of sp³-hybridized carbons (Fsp3) is 0.733. The third-order valence-corrected chi connectivity index (χ3v) is 4.74. The van der Waals surface area contributed by atoms with Crippen LogP contribution in [-0.4, -0.2) is 21.7 Å². The van der Waals surface area contributed by atoms with Crippen LogP contribution in [0.15, 0.2) is 6.07 Å². The highest BCUT2D eigenvalue weighted by Crippen LogP contribution is 2.42. The van der Waals surface area contributed by atoms with Gasteiger partial charge in [-0.3, -0.25) is 0 Å². The summed E-state index contributed by atoms with van der Waals surface area (Å²) in [6, 6.07) is 2.14. The van der Waals surface area contributed by atoms with Crippen LogP contribution in [-0.2, 0) is 5.41 Å². The van der Waals surface area contributed by atoms with Crippen LogP contribution in [0, 0.1) is 6.92 Å². The van der Waals surface area contributed by atoms with Gasteiger partial charge in [-0.25, -0.2) is 9.97 Å². The zero-order chi connectivity index (χ0) is 12.6. The maximum absolute atomic E-state index is 9.66. The van der Waals surface area contributed by atoms with Gasteiger partial charge in [-0.05, 0) is 38.7 Å². The average Bonchev–Trinajstić information content (AvgIpc) is 2.81. The summed E-state index contributed by atoms with van der Waals surface area (Å²) in [6.07, 6.45) is 8.46. The maximum atomic E-state index is 9.66. The Morgan fingerprint density at radius 1 is 1.22 bits per heavy atom. The molecule has 1 aromatic heterocycles. The number of aliphatic hydroxyl groups is 1. The number of hydrogen-bond acceptors (Lipinski definition) is 3. The lowest BCUT2D eigenvalue weighted by Crippen LogP contribution is -2.40. The molecule has 0 bridgehead atoms. The lowest BCUT2D eigenvalue weighted by Gasteiger charge is -2.39. The van der Waals surface area contributed by atoms with Gasteiger partial charge in [0.05, 0.1) is 12.0 Å². The highest BCUT2D eigenvalue weighted by Gasteiger charge is 2.41. The van der Waals surface area contributed by atoms with E-state index in [1.165, 1.54) is 37.8 Å². The number of aromatic nitrogens is 2. The summed E-state index contributed by atoms with van der Waals surface area (Å²) in [7, 11) is 0. The van der Waals surface area contributed by atoms with Crippen LogP contribution in [0.1, 0.15) is 68.1 Å². The van der Waals surface area contributed by atoms with Crippen LogP contribution >= 0.6 is 0 Å². The number of hydrogen-bond donors (Lipinski definition) is 1. The van der Waals surface area contributed by atoms with Gasteiger partial charge >= 0.3 is 0 Å². The molecule has 1 heterocycles. The highest BCUT2D eigenvalue weighted by atomic mass is 16.3. The fourth-order valence-corrected chi connectivity index (χ4v) is 3.32. The molecule has 0 saturated heterocycles. The molecule has 3 heteroatoms. The predicted molar refractivity (Wildman–Crippen MR) is 70.6 cm³/mol. The molecular weight excluding hydrogens is 224 g/mol. The minimum absolute atomic E-state index is 0.126. The first-order valence-electron chi connectivity index (χ1n) is 7.20. The molecule has 3 rings (SSSR count). The number of aryl methyl sites for hydroxylation is 1. The molecule has 18 heavy (non-hydrogen) atoms. The Hall–Kier alpha value is -0.960. The Bertz CT molecular complexity index is 429. The summed E-state index contributed by atoms with van der Waals surface area (Å²) in [5.41, 5.74) is 2.15. The molecule has 2 saturated carbocycles. The van der Waals surface area contributed by atoms with E-state index < -0.39 is 0 Å². The van der Waals surface area contributed by atoms with E-state index in [1.807, 2.05) is 6.92 Å². The normalized spacial score (nSPS) is 23.0. The summed E-state index contributed by atoms with van der Waals surface area (Å²) in [5, 5.41) is 9.66. The van der Waals surface area contributed by atoms with Gasteiger partial charge in [0.2, 0.25) is 0 Å². The standard InChI is InChI=1S/C15H22N2O/c1-11-9-13(12-5-2-3-6-12)17-14(16-11)15(10-18)7-4-8-15/h9,12,18H,2-8,10H2,1H3. The van der Waals surface area contributed by atoms with E-state index in [2.05, 4.69) is 11.1 Å². The second kappa shape index (κ2) is 4.61. The molecule has 0 radical (unpaired) electrons. The lowest BCUT2D eigenvalue weighted by molar-refractivity contribution is 0.111. The van der Waals surface area contributed by atoms with Gasteiger partial charge in [0.1, 0.15) is 5.82 Å². The SMILES string of the molecule is Cc1cc(C2CCCC2)nc(C2(CO)CCC2)n1. The smallest absolute Gasteiger partial charge is 0.137 e. The van der Waals surface area contributed by atoms with Crippen molar-refractivity contribution >= 4 is 0 Å². The summed E-state index contributed by atoms with van der Waals surface area (Å²) < 4.78 is 0. The Balaban J connectivity index is 1.95. The number of aliphatic hydroxyl groups excluding tert-OH is 1. The van der Waals surface area contributed by atoms with Crippen molar-refractivity contribution in [3.05, 3.63) is 23.3 Å². The number of nitrogens with zero attached hydrogens (tertiary/aromatic N) is 2. The van der Waals surface area contributed by atoms with E-state index in [1.54, 1.807) is 0 Å². The summed E-state index contributed by atoms with van der Waals surface area (Å²) in [6.45, 7) is 2.24. The van der Waals surface area contributed by atoms with Crippen molar-refractivity contribution in [2.45, 2.75) is 63.2 Å². The van der Waals surface area contributed by atoms with Crippen LogP contribution in [0.4, 0.5) is 0 Å². The third kappa shape index (κ3) is 1.95. The molecule has 0 atom stereocenters. The van der Waals surface area contributed by atoms with E-state index in [0.717, 1.165) is 24.4 Å². The van der Waals surface area contributed by atoms with Crippen molar-refractivity contribution in [2.24, 2.45) is 0 Å². The Morgan fingerprint density at radius 3 is 2.50 bits per heavy atom. The van der Waals surface area contributed by atoms with Crippen LogP contribution in [0.25, 0.3) is 0 Å². The average molecular weight is 246 g/mol. The van der Waals surface area contributed by atoms with E-state index in [9.17, 15) is 5.11 Å². The first-order chi connectivity index (χ1) is 8.73. The molecule has 98 valence electrons. The molecule has 0 aliphatic heterocycles. The molecule has 2 aliphatic carbocycles. The predicted octanol–water partition coefficient (Wildman–Crippen LogP) is 2.86. The molecule has 3 nitrogen and oxygen atoms in total. The summed E-state index contributed by atoms with van der Waals surface area (Å²) >= 11 is 0. The van der Waals surface area contributed by atoms with Crippen LogP contribution in [0.2, 0.25) is 0 Å². The first-order valence-corrected chi connectivity index (χ1v) is 7.20.